The molecule has 1 aliphatic rings. The van der Waals surface area contributed by atoms with Crippen molar-refractivity contribution in [3.8, 4) is 0 Å². The van der Waals surface area contributed by atoms with E-state index in [9.17, 15) is 4.79 Å². The van der Waals surface area contributed by atoms with Gasteiger partial charge in [-0.3, -0.25) is 9.69 Å². The van der Waals surface area contributed by atoms with Gasteiger partial charge in [-0.05, 0) is 26.3 Å². The lowest BCUT2D eigenvalue weighted by molar-refractivity contribution is -0.150. The molecule has 106 valence electrons. The molecule has 2 heterocycles. The van der Waals surface area contributed by atoms with Gasteiger partial charge in [0.05, 0.1) is 19.1 Å². The van der Waals surface area contributed by atoms with Crippen molar-refractivity contribution in [3.63, 3.8) is 0 Å². The molecule has 6 nitrogen and oxygen atoms in total. The summed E-state index contributed by atoms with van der Waals surface area (Å²) in [5.74, 6) is 1.24. The van der Waals surface area contributed by atoms with E-state index in [1.165, 1.54) is 0 Å². The molecule has 1 saturated heterocycles. The summed E-state index contributed by atoms with van der Waals surface area (Å²) in [4.78, 5) is 18.2. The van der Waals surface area contributed by atoms with E-state index in [4.69, 9.17) is 9.26 Å². The predicted octanol–water partition coefficient (Wildman–Crippen LogP) is 1.41. The number of hydrogen-bond acceptors (Lipinski definition) is 6. The normalized spacial score (nSPS) is 20.4. The van der Waals surface area contributed by atoms with Crippen molar-refractivity contribution in [1.82, 2.24) is 15.0 Å². The Hall–Kier alpha value is -1.43. The van der Waals surface area contributed by atoms with Gasteiger partial charge < -0.3 is 9.26 Å². The molecule has 1 aromatic rings. The van der Waals surface area contributed by atoms with E-state index >= 15 is 0 Å². The van der Waals surface area contributed by atoms with Crippen LogP contribution in [0.2, 0.25) is 0 Å². The Morgan fingerprint density at radius 3 is 3.05 bits per heavy atom. The third-order valence-electron chi connectivity index (χ3n) is 3.31. The summed E-state index contributed by atoms with van der Waals surface area (Å²) < 4.78 is 10.3. The van der Waals surface area contributed by atoms with Crippen LogP contribution in [0.4, 0.5) is 0 Å². The first-order chi connectivity index (χ1) is 9.22. The number of carbonyl (C=O) groups excluding carboxylic acids is 1. The second-order valence-electron chi connectivity index (χ2n) is 4.78. The van der Waals surface area contributed by atoms with Crippen molar-refractivity contribution < 1.29 is 14.1 Å². The van der Waals surface area contributed by atoms with E-state index in [-0.39, 0.29) is 11.9 Å². The van der Waals surface area contributed by atoms with E-state index in [0.29, 0.717) is 25.6 Å². The summed E-state index contributed by atoms with van der Waals surface area (Å²) in [6, 6.07) is 0. The highest BCUT2D eigenvalue weighted by atomic mass is 16.5. The maximum atomic E-state index is 11.7. The Balaban J connectivity index is 1.88. The first-order valence-corrected chi connectivity index (χ1v) is 6.93. The van der Waals surface area contributed by atoms with Crippen LogP contribution in [0.3, 0.4) is 0 Å². The van der Waals surface area contributed by atoms with Crippen LogP contribution >= 0.6 is 0 Å². The number of ether oxygens (including phenoxy) is 1. The lowest BCUT2D eigenvalue weighted by atomic mass is 9.98. The average Bonchev–Trinajstić information content (AvgIpc) is 2.87. The zero-order valence-corrected chi connectivity index (χ0v) is 11.6. The van der Waals surface area contributed by atoms with Gasteiger partial charge in [-0.15, -0.1) is 0 Å². The molecule has 0 spiro atoms. The summed E-state index contributed by atoms with van der Waals surface area (Å²) in [5.41, 5.74) is 0. The molecule has 0 aliphatic carbocycles. The second kappa shape index (κ2) is 6.65. The molecule has 0 radical (unpaired) electrons. The smallest absolute Gasteiger partial charge is 0.310 e. The number of nitrogens with zero attached hydrogens (tertiary/aromatic N) is 3. The largest absolute Gasteiger partial charge is 0.466 e. The van der Waals surface area contributed by atoms with Gasteiger partial charge in [-0.25, -0.2) is 0 Å². The van der Waals surface area contributed by atoms with Gasteiger partial charge in [0.25, 0.3) is 0 Å². The molecule has 19 heavy (non-hydrogen) atoms. The first kappa shape index (κ1) is 14.0. The van der Waals surface area contributed by atoms with Crippen LogP contribution in [0.1, 0.15) is 38.4 Å². The molecular weight excluding hydrogens is 246 g/mol. The minimum Gasteiger partial charge on any atom is -0.466 e. The molecule has 0 N–H and O–H groups in total. The van der Waals surface area contributed by atoms with Crippen LogP contribution in [-0.2, 0) is 22.5 Å². The minimum atomic E-state index is -0.0908. The van der Waals surface area contributed by atoms with Gasteiger partial charge in [0.2, 0.25) is 5.89 Å². The Labute approximate surface area is 113 Å². The molecular formula is C13H21N3O3. The number of aromatic nitrogens is 2. The standard InChI is InChI=1S/C13H21N3O3/c1-3-11-14-12(19-15-11)9-16-7-5-6-10(8-16)13(17)18-4-2/h10H,3-9H2,1-2H3/t10-/m0/s1. The highest BCUT2D eigenvalue weighted by Crippen LogP contribution is 2.19. The molecule has 0 saturated carbocycles. The molecule has 0 bridgehead atoms. The highest BCUT2D eigenvalue weighted by Gasteiger charge is 2.27. The minimum absolute atomic E-state index is 0.0257. The maximum Gasteiger partial charge on any atom is 0.310 e. The average molecular weight is 267 g/mol. The third-order valence-corrected chi connectivity index (χ3v) is 3.31. The van der Waals surface area contributed by atoms with Crippen molar-refractivity contribution in [1.29, 1.82) is 0 Å². The molecule has 2 rings (SSSR count). The van der Waals surface area contributed by atoms with Crippen LogP contribution < -0.4 is 0 Å². The fourth-order valence-corrected chi connectivity index (χ4v) is 2.34. The molecule has 1 aromatic heterocycles. The monoisotopic (exact) mass is 267 g/mol. The van der Waals surface area contributed by atoms with Gasteiger partial charge in [0.1, 0.15) is 0 Å². The predicted molar refractivity (Wildman–Crippen MR) is 68.3 cm³/mol. The first-order valence-electron chi connectivity index (χ1n) is 6.93. The Morgan fingerprint density at radius 2 is 2.37 bits per heavy atom. The van der Waals surface area contributed by atoms with E-state index in [1.807, 2.05) is 13.8 Å². The number of carbonyl (C=O) groups is 1. The summed E-state index contributed by atoms with van der Waals surface area (Å²) >= 11 is 0. The van der Waals surface area contributed by atoms with Crippen LogP contribution in [-0.4, -0.2) is 40.7 Å². The molecule has 0 unspecified atom stereocenters. The number of likely N-dealkylation sites (tertiary alicyclic amines) is 1. The van der Waals surface area contributed by atoms with E-state index in [2.05, 4.69) is 15.0 Å². The molecule has 1 fully saturated rings. The Kier molecular flexibility index (Phi) is 4.90. The summed E-state index contributed by atoms with van der Waals surface area (Å²) in [7, 11) is 0. The van der Waals surface area contributed by atoms with Crippen molar-refractivity contribution in [2.75, 3.05) is 19.7 Å². The van der Waals surface area contributed by atoms with Gasteiger partial charge in [-0.1, -0.05) is 12.1 Å². The summed E-state index contributed by atoms with van der Waals surface area (Å²) in [6.45, 7) is 6.56. The van der Waals surface area contributed by atoms with Crippen molar-refractivity contribution in [3.05, 3.63) is 11.7 Å². The summed E-state index contributed by atoms with van der Waals surface area (Å²) in [6.07, 6.45) is 2.67. The SMILES string of the molecule is CCOC(=O)[C@H]1CCCN(Cc2nc(CC)no2)C1. The molecule has 1 atom stereocenters. The number of esters is 1. The lowest BCUT2D eigenvalue weighted by Crippen LogP contribution is -2.39. The van der Waals surface area contributed by atoms with E-state index in [1.54, 1.807) is 0 Å². The lowest BCUT2D eigenvalue weighted by Gasteiger charge is -2.30. The van der Waals surface area contributed by atoms with E-state index in [0.717, 1.165) is 31.6 Å². The number of aryl methyl sites for hydroxylation is 1. The number of rotatable bonds is 5. The number of hydrogen-bond donors (Lipinski definition) is 0. The molecule has 1 aliphatic heterocycles. The van der Waals surface area contributed by atoms with Gasteiger partial charge in [0, 0.05) is 13.0 Å². The van der Waals surface area contributed by atoms with E-state index < -0.39 is 0 Å². The zero-order chi connectivity index (χ0) is 13.7. The van der Waals surface area contributed by atoms with Crippen molar-refractivity contribution >= 4 is 5.97 Å². The van der Waals surface area contributed by atoms with Crippen LogP contribution in [0.15, 0.2) is 4.52 Å². The van der Waals surface area contributed by atoms with Gasteiger partial charge in [0.15, 0.2) is 5.82 Å². The van der Waals surface area contributed by atoms with Crippen LogP contribution in [0, 0.1) is 5.92 Å². The fraction of sp³-hybridized carbons (Fsp3) is 0.769. The van der Waals surface area contributed by atoms with Crippen molar-refractivity contribution in [2.24, 2.45) is 5.92 Å². The molecule has 0 amide bonds. The molecule has 6 heteroatoms. The zero-order valence-electron chi connectivity index (χ0n) is 11.6. The quantitative estimate of drug-likeness (QED) is 0.751. The van der Waals surface area contributed by atoms with Gasteiger partial charge >= 0.3 is 5.97 Å². The fourth-order valence-electron chi connectivity index (χ4n) is 2.34. The number of piperidine rings is 1. The highest BCUT2D eigenvalue weighted by molar-refractivity contribution is 5.72. The molecule has 0 aromatic carbocycles. The third kappa shape index (κ3) is 3.76. The Bertz CT molecular complexity index is 419. The van der Waals surface area contributed by atoms with Crippen LogP contribution in [0.25, 0.3) is 0 Å². The van der Waals surface area contributed by atoms with Gasteiger partial charge in [-0.2, -0.15) is 4.98 Å². The second-order valence-corrected chi connectivity index (χ2v) is 4.78. The van der Waals surface area contributed by atoms with Crippen molar-refractivity contribution in [2.45, 2.75) is 39.7 Å². The topological polar surface area (TPSA) is 68.5 Å². The van der Waals surface area contributed by atoms with Crippen LogP contribution in [0.5, 0.6) is 0 Å². The summed E-state index contributed by atoms with van der Waals surface area (Å²) in [5, 5.41) is 3.88. The maximum absolute atomic E-state index is 11.7. The Morgan fingerprint density at radius 1 is 1.53 bits per heavy atom.